The fourth-order valence-electron chi connectivity index (χ4n) is 3.24. The van der Waals surface area contributed by atoms with Gasteiger partial charge >= 0.3 is 12.1 Å². The third kappa shape index (κ3) is 4.04. The first kappa shape index (κ1) is 21.8. The number of benzene rings is 2. The highest BCUT2D eigenvalue weighted by molar-refractivity contribution is 6.24. The van der Waals surface area contributed by atoms with Crippen LogP contribution >= 0.6 is 0 Å². The largest absolute Gasteiger partial charge is 0.465 e. The molecule has 0 N–H and O–H groups in total. The minimum absolute atomic E-state index is 0.0426. The maximum absolute atomic E-state index is 13.2. The lowest BCUT2D eigenvalue weighted by Crippen LogP contribution is -2.25. The molecule has 1 heterocycles. The molecule has 0 radical (unpaired) electrons. The van der Waals surface area contributed by atoms with Crippen LogP contribution in [-0.2, 0) is 20.5 Å². The number of amides is 1. The van der Waals surface area contributed by atoms with Crippen molar-refractivity contribution < 1.29 is 32.4 Å². The number of rotatable bonds is 4. The lowest BCUT2D eigenvalue weighted by Gasteiger charge is -2.19. The van der Waals surface area contributed by atoms with Crippen molar-refractivity contribution in [2.24, 2.45) is 0 Å². The molecule has 1 aliphatic rings. The van der Waals surface area contributed by atoms with E-state index in [9.17, 15) is 32.9 Å². The number of nitro groups is 1. The second kappa shape index (κ2) is 8.05. The molecule has 1 aliphatic heterocycles. The number of para-hydroxylation sites is 1. The first-order chi connectivity index (χ1) is 14.6. The van der Waals surface area contributed by atoms with Crippen molar-refractivity contribution in [3.63, 3.8) is 0 Å². The molecule has 31 heavy (non-hydrogen) atoms. The van der Waals surface area contributed by atoms with Gasteiger partial charge in [-0.15, -0.1) is 0 Å². The van der Waals surface area contributed by atoms with Gasteiger partial charge in [-0.25, -0.2) is 4.79 Å². The van der Waals surface area contributed by atoms with Gasteiger partial charge in [0.15, 0.2) is 0 Å². The number of nitro benzene ring substituents is 1. The van der Waals surface area contributed by atoms with E-state index >= 15 is 0 Å². The molecule has 1 amide bonds. The third-order valence-electron chi connectivity index (χ3n) is 4.65. The van der Waals surface area contributed by atoms with Crippen molar-refractivity contribution in [3.8, 4) is 0 Å². The second-order valence-electron chi connectivity index (χ2n) is 6.51. The van der Waals surface area contributed by atoms with E-state index in [0.717, 1.165) is 36.3 Å². The molecule has 7 nitrogen and oxygen atoms in total. The Morgan fingerprint density at radius 1 is 1.16 bits per heavy atom. The van der Waals surface area contributed by atoms with Crippen molar-refractivity contribution in [2.45, 2.75) is 13.1 Å². The summed E-state index contributed by atoms with van der Waals surface area (Å²) in [5.41, 5.74) is -1.70. The predicted octanol–water partition coefficient (Wildman–Crippen LogP) is 4.49. The van der Waals surface area contributed by atoms with Crippen LogP contribution < -0.4 is 4.90 Å². The van der Waals surface area contributed by atoms with E-state index in [0.29, 0.717) is 0 Å². The molecular weight excluding hydrogens is 417 g/mol. The van der Waals surface area contributed by atoms with E-state index in [2.05, 4.69) is 0 Å². The molecule has 2 aromatic carbocycles. The summed E-state index contributed by atoms with van der Waals surface area (Å²) >= 11 is 0. The standard InChI is InChI=1S/C21H15F3N2O5/c1-12-18(20(28)31-2)16(10-13-6-3-4-9-17(13)26(29)30)19(27)25(12)15-8-5-7-14(11-15)21(22,23)24/h3-11H,1-2H3. The smallest absolute Gasteiger partial charge is 0.416 e. The van der Waals surface area contributed by atoms with Crippen LogP contribution in [0.25, 0.3) is 6.08 Å². The average molecular weight is 432 g/mol. The zero-order chi connectivity index (χ0) is 22.9. The van der Waals surface area contributed by atoms with Gasteiger partial charge in [0.1, 0.15) is 0 Å². The lowest BCUT2D eigenvalue weighted by atomic mass is 10.0. The molecule has 0 aliphatic carbocycles. The molecule has 0 bridgehead atoms. The number of allylic oxidation sites excluding steroid dienone is 1. The summed E-state index contributed by atoms with van der Waals surface area (Å²) in [6.07, 6.45) is -3.48. The molecule has 0 aromatic heterocycles. The molecule has 160 valence electrons. The number of carbonyl (C=O) groups excluding carboxylic acids is 2. The van der Waals surface area contributed by atoms with Gasteiger partial charge < -0.3 is 4.74 Å². The Hall–Kier alpha value is -3.95. The van der Waals surface area contributed by atoms with Crippen LogP contribution in [0.5, 0.6) is 0 Å². The summed E-state index contributed by atoms with van der Waals surface area (Å²) in [5, 5.41) is 11.3. The number of alkyl halides is 3. The van der Waals surface area contributed by atoms with E-state index < -0.39 is 28.5 Å². The molecule has 3 rings (SSSR count). The first-order valence-corrected chi connectivity index (χ1v) is 8.82. The number of carbonyl (C=O) groups is 2. The SMILES string of the molecule is COC(=O)C1=C(C)N(c2cccc(C(F)(F)F)c2)C(=O)C1=Cc1ccccc1[N+](=O)[O-]. The number of esters is 1. The fourth-order valence-corrected chi connectivity index (χ4v) is 3.24. The summed E-state index contributed by atoms with van der Waals surface area (Å²) in [6, 6.07) is 9.63. The normalized spacial score (nSPS) is 15.6. The van der Waals surface area contributed by atoms with Crippen molar-refractivity contribution in [1.29, 1.82) is 0 Å². The average Bonchev–Trinajstić information content (AvgIpc) is 2.96. The van der Waals surface area contributed by atoms with E-state index in [4.69, 9.17) is 4.74 Å². The van der Waals surface area contributed by atoms with Crippen molar-refractivity contribution >= 4 is 29.3 Å². The summed E-state index contributed by atoms with van der Waals surface area (Å²) in [4.78, 5) is 37.1. The molecule has 0 spiro atoms. The number of nitrogens with zero attached hydrogens (tertiary/aromatic N) is 2. The van der Waals surface area contributed by atoms with Crippen LogP contribution in [0.4, 0.5) is 24.5 Å². The lowest BCUT2D eigenvalue weighted by molar-refractivity contribution is -0.385. The van der Waals surface area contributed by atoms with Gasteiger partial charge in [-0.1, -0.05) is 18.2 Å². The minimum Gasteiger partial charge on any atom is -0.465 e. The molecule has 0 atom stereocenters. The van der Waals surface area contributed by atoms with Gasteiger partial charge in [-0.3, -0.25) is 19.8 Å². The number of halogens is 3. The highest BCUT2D eigenvalue weighted by atomic mass is 19.4. The van der Waals surface area contributed by atoms with E-state index in [-0.39, 0.29) is 33.8 Å². The Kier molecular flexibility index (Phi) is 5.65. The summed E-state index contributed by atoms with van der Waals surface area (Å²) in [6.45, 7) is 1.38. The Morgan fingerprint density at radius 2 is 1.84 bits per heavy atom. The number of methoxy groups -OCH3 is 1. The highest BCUT2D eigenvalue weighted by Gasteiger charge is 2.39. The summed E-state index contributed by atoms with van der Waals surface area (Å²) < 4.78 is 44.1. The molecule has 2 aromatic rings. The number of hydrogen-bond acceptors (Lipinski definition) is 5. The zero-order valence-electron chi connectivity index (χ0n) is 16.3. The quantitative estimate of drug-likeness (QED) is 0.307. The van der Waals surface area contributed by atoms with Gasteiger partial charge in [0.25, 0.3) is 11.6 Å². The van der Waals surface area contributed by atoms with E-state index in [1.165, 1.54) is 37.3 Å². The highest BCUT2D eigenvalue weighted by Crippen LogP contribution is 2.38. The van der Waals surface area contributed by atoms with Crippen LogP contribution in [0.15, 0.2) is 65.4 Å². The van der Waals surface area contributed by atoms with Gasteiger partial charge in [0, 0.05) is 17.5 Å². The van der Waals surface area contributed by atoms with Crippen LogP contribution in [0.3, 0.4) is 0 Å². The Balaban J connectivity index is 2.19. The summed E-state index contributed by atoms with van der Waals surface area (Å²) in [5.74, 6) is -1.71. The van der Waals surface area contributed by atoms with Crippen molar-refractivity contribution in [3.05, 3.63) is 86.6 Å². The molecule has 0 saturated carbocycles. The Bertz CT molecular complexity index is 1150. The number of anilines is 1. The van der Waals surface area contributed by atoms with Crippen molar-refractivity contribution in [2.75, 3.05) is 12.0 Å². The van der Waals surface area contributed by atoms with Crippen LogP contribution in [-0.4, -0.2) is 23.9 Å². The van der Waals surface area contributed by atoms with Gasteiger partial charge in [0.2, 0.25) is 0 Å². The molecular formula is C21H15F3N2O5. The summed E-state index contributed by atoms with van der Waals surface area (Å²) in [7, 11) is 1.09. The van der Waals surface area contributed by atoms with Gasteiger partial charge in [-0.2, -0.15) is 13.2 Å². The Morgan fingerprint density at radius 3 is 2.45 bits per heavy atom. The monoisotopic (exact) mass is 432 g/mol. The van der Waals surface area contributed by atoms with Gasteiger partial charge in [0.05, 0.1) is 34.3 Å². The third-order valence-corrected chi connectivity index (χ3v) is 4.65. The fraction of sp³-hybridized carbons (Fsp3) is 0.143. The molecule has 0 saturated heterocycles. The minimum atomic E-state index is -4.63. The zero-order valence-corrected chi connectivity index (χ0v) is 16.3. The number of ether oxygens (including phenoxy) is 1. The Labute approximate surface area is 174 Å². The van der Waals surface area contributed by atoms with Gasteiger partial charge in [-0.05, 0) is 37.3 Å². The molecule has 10 heteroatoms. The van der Waals surface area contributed by atoms with Crippen LogP contribution in [0.1, 0.15) is 18.1 Å². The topological polar surface area (TPSA) is 89.8 Å². The van der Waals surface area contributed by atoms with Crippen LogP contribution in [0.2, 0.25) is 0 Å². The number of hydrogen-bond donors (Lipinski definition) is 0. The van der Waals surface area contributed by atoms with E-state index in [1.54, 1.807) is 0 Å². The van der Waals surface area contributed by atoms with E-state index in [1.807, 2.05) is 0 Å². The molecule has 0 unspecified atom stereocenters. The van der Waals surface area contributed by atoms with Crippen molar-refractivity contribution in [1.82, 2.24) is 0 Å². The molecule has 0 fully saturated rings. The second-order valence-corrected chi connectivity index (χ2v) is 6.51. The maximum Gasteiger partial charge on any atom is 0.416 e. The maximum atomic E-state index is 13.2. The predicted molar refractivity (Wildman–Crippen MR) is 105 cm³/mol. The van der Waals surface area contributed by atoms with Crippen LogP contribution in [0, 0.1) is 10.1 Å². The first-order valence-electron chi connectivity index (χ1n) is 8.82.